The highest BCUT2D eigenvalue weighted by atomic mass is 16.5. The van der Waals surface area contributed by atoms with Crippen molar-refractivity contribution in [3.8, 4) is 0 Å². The highest BCUT2D eigenvalue weighted by molar-refractivity contribution is 5.98. The SMILES string of the molecule is CC(c1ccncc1)N1N=C(c2ccccc2)OCC1=O. The second-order valence-electron chi connectivity index (χ2n) is 4.75. The molecule has 0 saturated heterocycles. The summed E-state index contributed by atoms with van der Waals surface area (Å²) in [5.41, 5.74) is 1.84. The van der Waals surface area contributed by atoms with Crippen molar-refractivity contribution in [3.05, 3.63) is 66.0 Å². The highest BCUT2D eigenvalue weighted by Crippen LogP contribution is 2.23. The van der Waals surface area contributed by atoms with Crippen LogP contribution in [0, 0.1) is 0 Å². The molecule has 106 valence electrons. The van der Waals surface area contributed by atoms with Crippen LogP contribution in [0.25, 0.3) is 0 Å². The molecule has 3 rings (SSSR count). The van der Waals surface area contributed by atoms with Crippen LogP contribution in [-0.2, 0) is 9.53 Å². The van der Waals surface area contributed by atoms with Gasteiger partial charge in [0.2, 0.25) is 5.90 Å². The molecular formula is C16H15N3O2. The van der Waals surface area contributed by atoms with Gasteiger partial charge in [0.1, 0.15) is 0 Å². The third kappa shape index (κ3) is 2.76. The van der Waals surface area contributed by atoms with Gasteiger partial charge in [-0.25, -0.2) is 5.01 Å². The van der Waals surface area contributed by atoms with E-state index in [4.69, 9.17) is 4.74 Å². The van der Waals surface area contributed by atoms with Crippen molar-refractivity contribution in [1.29, 1.82) is 0 Å². The summed E-state index contributed by atoms with van der Waals surface area (Å²) in [6.45, 7) is 1.94. The molecule has 1 aromatic heterocycles. The molecule has 1 aliphatic heterocycles. The third-order valence-corrected chi connectivity index (χ3v) is 3.36. The summed E-state index contributed by atoms with van der Waals surface area (Å²) in [6.07, 6.45) is 3.41. The summed E-state index contributed by atoms with van der Waals surface area (Å²) in [5, 5.41) is 5.84. The number of nitrogens with zero attached hydrogens (tertiary/aromatic N) is 3. The predicted octanol–water partition coefficient (Wildman–Crippen LogP) is 2.36. The molecule has 0 bridgehead atoms. The lowest BCUT2D eigenvalue weighted by molar-refractivity contribution is -0.138. The first-order chi connectivity index (χ1) is 10.3. The average Bonchev–Trinajstić information content (AvgIpc) is 2.56. The van der Waals surface area contributed by atoms with E-state index in [0.717, 1.165) is 11.1 Å². The highest BCUT2D eigenvalue weighted by Gasteiger charge is 2.27. The van der Waals surface area contributed by atoms with E-state index in [-0.39, 0.29) is 18.6 Å². The number of carbonyl (C=O) groups excluding carboxylic acids is 1. The largest absolute Gasteiger partial charge is 0.466 e. The molecule has 5 nitrogen and oxygen atoms in total. The molecule has 0 fully saturated rings. The van der Waals surface area contributed by atoms with Crippen molar-refractivity contribution in [2.24, 2.45) is 5.10 Å². The molecule has 1 atom stereocenters. The summed E-state index contributed by atoms with van der Waals surface area (Å²) < 4.78 is 5.44. The zero-order chi connectivity index (χ0) is 14.7. The number of benzene rings is 1. The Morgan fingerprint density at radius 3 is 2.57 bits per heavy atom. The van der Waals surface area contributed by atoms with Crippen LogP contribution < -0.4 is 0 Å². The van der Waals surface area contributed by atoms with Gasteiger partial charge in [-0.1, -0.05) is 18.2 Å². The Balaban J connectivity index is 1.91. The minimum atomic E-state index is -0.164. The number of carbonyl (C=O) groups is 1. The summed E-state index contributed by atoms with van der Waals surface area (Å²) in [7, 11) is 0. The van der Waals surface area contributed by atoms with Gasteiger partial charge in [-0.2, -0.15) is 0 Å². The Bertz CT molecular complexity index is 656. The van der Waals surface area contributed by atoms with Gasteiger partial charge in [0.15, 0.2) is 6.61 Å². The zero-order valence-corrected chi connectivity index (χ0v) is 11.6. The van der Waals surface area contributed by atoms with Crippen LogP contribution >= 0.6 is 0 Å². The molecule has 1 amide bonds. The normalized spacial score (nSPS) is 16.1. The van der Waals surface area contributed by atoms with Gasteiger partial charge in [-0.15, -0.1) is 5.10 Å². The maximum Gasteiger partial charge on any atom is 0.281 e. The first-order valence-electron chi connectivity index (χ1n) is 6.74. The predicted molar refractivity (Wildman–Crippen MR) is 78.4 cm³/mol. The number of rotatable bonds is 3. The van der Waals surface area contributed by atoms with E-state index < -0.39 is 0 Å². The second-order valence-corrected chi connectivity index (χ2v) is 4.75. The van der Waals surface area contributed by atoms with Crippen LogP contribution in [0.15, 0.2) is 60.0 Å². The lowest BCUT2D eigenvalue weighted by Crippen LogP contribution is -2.38. The topological polar surface area (TPSA) is 54.8 Å². The second kappa shape index (κ2) is 5.75. The first kappa shape index (κ1) is 13.3. The summed E-state index contributed by atoms with van der Waals surface area (Å²) in [6, 6.07) is 13.2. The van der Waals surface area contributed by atoms with Gasteiger partial charge in [-0.05, 0) is 36.8 Å². The fourth-order valence-corrected chi connectivity index (χ4v) is 2.19. The molecule has 0 saturated carbocycles. The Kier molecular flexibility index (Phi) is 3.64. The summed E-state index contributed by atoms with van der Waals surface area (Å²) >= 11 is 0. The smallest absolute Gasteiger partial charge is 0.281 e. The standard InChI is InChI=1S/C16H15N3O2/c1-12(13-7-9-17-10-8-13)19-15(20)11-21-16(18-19)14-5-3-2-4-6-14/h2-10,12H,11H2,1H3. The maximum absolute atomic E-state index is 12.1. The van der Waals surface area contributed by atoms with Crippen LogP contribution in [0.3, 0.4) is 0 Å². The molecule has 0 aliphatic carbocycles. The monoisotopic (exact) mass is 281 g/mol. The molecule has 0 radical (unpaired) electrons. The number of aromatic nitrogens is 1. The van der Waals surface area contributed by atoms with Gasteiger partial charge < -0.3 is 4.74 Å². The quantitative estimate of drug-likeness (QED) is 0.868. The Morgan fingerprint density at radius 2 is 1.86 bits per heavy atom. The van der Waals surface area contributed by atoms with Crippen molar-refractivity contribution in [3.63, 3.8) is 0 Å². The van der Waals surface area contributed by atoms with Crippen molar-refractivity contribution >= 4 is 11.8 Å². The van der Waals surface area contributed by atoms with E-state index in [1.165, 1.54) is 5.01 Å². The van der Waals surface area contributed by atoms with Crippen LogP contribution in [0.2, 0.25) is 0 Å². The molecule has 21 heavy (non-hydrogen) atoms. The van der Waals surface area contributed by atoms with Gasteiger partial charge in [0.05, 0.1) is 6.04 Å². The summed E-state index contributed by atoms with van der Waals surface area (Å²) in [5.74, 6) is 0.315. The van der Waals surface area contributed by atoms with E-state index in [1.54, 1.807) is 12.4 Å². The lowest BCUT2D eigenvalue weighted by atomic mass is 10.1. The van der Waals surface area contributed by atoms with Crippen molar-refractivity contribution in [2.45, 2.75) is 13.0 Å². The number of pyridine rings is 1. The molecular weight excluding hydrogens is 266 g/mol. The maximum atomic E-state index is 12.1. The van der Waals surface area contributed by atoms with E-state index in [9.17, 15) is 4.79 Å². The van der Waals surface area contributed by atoms with Crippen LogP contribution in [0.1, 0.15) is 24.1 Å². The van der Waals surface area contributed by atoms with E-state index in [0.29, 0.717) is 5.90 Å². The van der Waals surface area contributed by atoms with Gasteiger partial charge in [-0.3, -0.25) is 9.78 Å². The number of hydrogen-bond donors (Lipinski definition) is 0. The van der Waals surface area contributed by atoms with Crippen LogP contribution in [0.4, 0.5) is 0 Å². The van der Waals surface area contributed by atoms with E-state index >= 15 is 0 Å². The van der Waals surface area contributed by atoms with E-state index in [1.807, 2.05) is 49.4 Å². The molecule has 2 heterocycles. The van der Waals surface area contributed by atoms with Crippen molar-refractivity contribution in [2.75, 3.05) is 6.61 Å². The Hall–Kier alpha value is -2.69. The van der Waals surface area contributed by atoms with Crippen LogP contribution in [-0.4, -0.2) is 28.4 Å². The molecule has 0 N–H and O–H groups in total. The molecule has 1 unspecified atom stereocenters. The Morgan fingerprint density at radius 1 is 1.14 bits per heavy atom. The first-order valence-corrected chi connectivity index (χ1v) is 6.74. The van der Waals surface area contributed by atoms with Gasteiger partial charge >= 0.3 is 0 Å². The van der Waals surface area contributed by atoms with Gasteiger partial charge in [0.25, 0.3) is 5.91 Å². The fraction of sp³-hybridized carbons (Fsp3) is 0.188. The molecule has 0 spiro atoms. The minimum absolute atomic E-state index is 0.00313. The summed E-state index contributed by atoms with van der Waals surface area (Å²) in [4.78, 5) is 16.1. The number of amides is 1. The minimum Gasteiger partial charge on any atom is -0.466 e. The number of hydrogen-bond acceptors (Lipinski definition) is 4. The molecule has 1 aromatic carbocycles. The molecule has 5 heteroatoms. The third-order valence-electron chi connectivity index (χ3n) is 3.36. The van der Waals surface area contributed by atoms with Crippen LogP contribution in [0.5, 0.6) is 0 Å². The lowest BCUT2D eigenvalue weighted by Gasteiger charge is -2.29. The number of ether oxygens (including phenoxy) is 1. The Labute approximate surface area is 122 Å². The average molecular weight is 281 g/mol. The fourth-order valence-electron chi connectivity index (χ4n) is 2.19. The van der Waals surface area contributed by atoms with Crippen molar-refractivity contribution < 1.29 is 9.53 Å². The molecule has 1 aliphatic rings. The zero-order valence-electron chi connectivity index (χ0n) is 11.6. The van der Waals surface area contributed by atoms with E-state index in [2.05, 4.69) is 10.1 Å². The van der Waals surface area contributed by atoms with Crippen molar-refractivity contribution in [1.82, 2.24) is 9.99 Å². The van der Waals surface area contributed by atoms with Gasteiger partial charge in [0, 0.05) is 18.0 Å². The molecule has 2 aromatic rings. The number of hydrazone groups is 1.